The molecule has 0 fully saturated rings. The Morgan fingerprint density at radius 3 is 2.35 bits per heavy atom. The van der Waals surface area contributed by atoms with E-state index in [4.69, 9.17) is 9.47 Å². The second-order valence-corrected chi connectivity index (χ2v) is 4.57. The normalized spacial score (nSPS) is 10.2. The van der Waals surface area contributed by atoms with Gasteiger partial charge in [0.25, 0.3) is 0 Å². The van der Waals surface area contributed by atoms with Gasteiger partial charge in [0.2, 0.25) is 0 Å². The molecule has 0 saturated heterocycles. The molecule has 0 atom stereocenters. The average molecular weight is 270 g/mol. The maximum Gasteiger partial charge on any atom is 0.343 e. The molecule has 2 rings (SSSR count). The number of hydrogen-bond donors (Lipinski definition) is 0. The number of carbonyl (C=O) groups excluding carboxylic acids is 1. The Morgan fingerprint density at radius 2 is 1.80 bits per heavy atom. The zero-order chi connectivity index (χ0) is 14.5. The first-order chi connectivity index (χ1) is 9.63. The first-order valence-corrected chi connectivity index (χ1v) is 6.59. The zero-order valence-corrected chi connectivity index (χ0v) is 12.0. The van der Waals surface area contributed by atoms with E-state index in [0.717, 1.165) is 17.7 Å². The predicted molar refractivity (Wildman–Crippen MR) is 78.5 cm³/mol. The molecule has 0 aliphatic carbocycles. The molecule has 0 bridgehead atoms. The third-order valence-corrected chi connectivity index (χ3v) is 3.17. The van der Waals surface area contributed by atoms with Crippen LogP contribution < -0.4 is 9.47 Å². The fourth-order valence-corrected chi connectivity index (χ4v) is 1.96. The maximum atomic E-state index is 12.0. The Morgan fingerprint density at radius 1 is 1.10 bits per heavy atom. The molecule has 2 aromatic rings. The number of ether oxygens (including phenoxy) is 2. The van der Waals surface area contributed by atoms with Crippen LogP contribution in [0, 0.1) is 6.92 Å². The van der Waals surface area contributed by atoms with Gasteiger partial charge in [0.05, 0.1) is 12.7 Å². The van der Waals surface area contributed by atoms with Crippen molar-refractivity contribution in [1.29, 1.82) is 0 Å². The number of benzene rings is 2. The largest absolute Gasteiger partial charge is 0.496 e. The van der Waals surface area contributed by atoms with Crippen molar-refractivity contribution < 1.29 is 14.3 Å². The lowest BCUT2D eigenvalue weighted by atomic mass is 10.1. The molecule has 0 radical (unpaired) electrons. The average Bonchev–Trinajstić information content (AvgIpc) is 2.47. The van der Waals surface area contributed by atoms with Gasteiger partial charge in [0, 0.05) is 0 Å². The number of hydrogen-bond acceptors (Lipinski definition) is 3. The number of aryl methyl sites for hydroxylation is 2. The van der Waals surface area contributed by atoms with Gasteiger partial charge in [-0.3, -0.25) is 0 Å². The number of esters is 1. The molecule has 0 unspecified atom stereocenters. The molecule has 0 spiro atoms. The van der Waals surface area contributed by atoms with Crippen molar-refractivity contribution in [3.05, 3.63) is 59.2 Å². The van der Waals surface area contributed by atoms with E-state index < -0.39 is 0 Å². The third-order valence-electron chi connectivity index (χ3n) is 3.17. The summed E-state index contributed by atoms with van der Waals surface area (Å²) in [6.07, 6.45) is 0.951. The van der Waals surface area contributed by atoms with Crippen LogP contribution in [-0.4, -0.2) is 13.1 Å². The Hall–Kier alpha value is -2.29. The Balaban J connectivity index is 2.12. The summed E-state index contributed by atoms with van der Waals surface area (Å²) in [6, 6.07) is 12.8. The summed E-state index contributed by atoms with van der Waals surface area (Å²) in [5, 5.41) is 0. The summed E-state index contributed by atoms with van der Waals surface area (Å²) in [6.45, 7) is 3.99. The van der Waals surface area contributed by atoms with Crippen LogP contribution in [0.15, 0.2) is 42.5 Å². The lowest BCUT2D eigenvalue weighted by molar-refractivity contribution is 0.0734. The fraction of sp³-hybridized carbons (Fsp3) is 0.235. The standard InChI is InChI=1S/C17H18O3/c1-4-13-5-7-14(8-6-13)17(18)20-15-9-10-16(19-3)12(2)11-15/h5-11H,4H2,1-3H3. The van der Waals surface area contributed by atoms with Crippen LogP contribution in [0.4, 0.5) is 0 Å². The first kappa shape index (κ1) is 14.1. The van der Waals surface area contributed by atoms with Crippen molar-refractivity contribution in [2.24, 2.45) is 0 Å². The highest BCUT2D eigenvalue weighted by molar-refractivity contribution is 5.91. The van der Waals surface area contributed by atoms with E-state index in [0.29, 0.717) is 11.3 Å². The van der Waals surface area contributed by atoms with Crippen molar-refractivity contribution in [3.8, 4) is 11.5 Å². The molecule has 0 aliphatic heterocycles. The monoisotopic (exact) mass is 270 g/mol. The van der Waals surface area contributed by atoms with Gasteiger partial charge in [-0.25, -0.2) is 4.79 Å². The van der Waals surface area contributed by atoms with E-state index in [9.17, 15) is 4.79 Å². The zero-order valence-electron chi connectivity index (χ0n) is 12.0. The third kappa shape index (κ3) is 3.18. The molecular weight excluding hydrogens is 252 g/mol. The van der Waals surface area contributed by atoms with E-state index in [1.54, 1.807) is 37.4 Å². The molecule has 0 amide bonds. The van der Waals surface area contributed by atoms with Gasteiger partial charge in [-0.2, -0.15) is 0 Å². The summed E-state index contributed by atoms with van der Waals surface area (Å²) >= 11 is 0. The van der Waals surface area contributed by atoms with Crippen LogP contribution in [0.5, 0.6) is 11.5 Å². The van der Waals surface area contributed by atoms with E-state index in [1.807, 2.05) is 19.1 Å². The van der Waals surface area contributed by atoms with Gasteiger partial charge in [-0.1, -0.05) is 19.1 Å². The van der Waals surface area contributed by atoms with Crippen LogP contribution in [0.1, 0.15) is 28.4 Å². The van der Waals surface area contributed by atoms with E-state index in [-0.39, 0.29) is 5.97 Å². The van der Waals surface area contributed by atoms with Gasteiger partial charge in [-0.15, -0.1) is 0 Å². The molecule has 104 valence electrons. The van der Waals surface area contributed by atoms with Crippen molar-refractivity contribution in [2.75, 3.05) is 7.11 Å². The molecule has 0 saturated carbocycles. The molecule has 0 aliphatic rings. The summed E-state index contributed by atoms with van der Waals surface area (Å²) < 4.78 is 10.5. The Kier molecular flexibility index (Phi) is 4.41. The minimum atomic E-state index is -0.350. The first-order valence-electron chi connectivity index (χ1n) is 6.59. The van der Waals surface area contributed by atoms with Crippen LogP contribution in [0.3, 0.4) is 0 Å². The summed E-state index contributed by atoms with van der Waals surface area (Å²) in [5.41, 5.74) is 2.68. The summed E-state index contributed by atoms with van der Waals surface area (Å²) in [7, 11) is 1.61. The molecule has 0 N–H and O–H groups in total. The van der Waals surface area contributed by atoms with Gasteiger partial charge >= 0.3 is 5.97 Å². The van der Waals surface area contributed by atoms with Crippen molar-refractivity contribution >= 4 is 5.97 Å². The van der Waals surface area contributed by atoms with Crippen LogP contribution in [-0.2, 0) is 6.42 Å². The van der Waals surface area contributed by atoms with E-state index in [1.165, 1.54) is 5.56 Å². The minimum Gasteiger partial charge on any atom is -0.496 e. The predicted octanol–water partition coefficient (Wildman–Crippen LogP) is 3.79. The van der Waals surface area contributed by atoms with Gasteiger partial charge < -0.3 is 9.47 Å². The highest BCUT2D eigenvalue weighted by Crippen LogP contribution is 2.23. The summed E-state index contributed by atoms with van der Waals surface area (Å²) in [4.78, 5) is 12.0. The van der Waals surface area contributed by atoms with Gasteiger partial charge in [0.1, 0.15) is 11.5 Å². The number of methoxy groups -OCH3 is 1. The molecule has 20 heavy (non-hydrogen) atoms. The molecule has 2 aromatic carbocycles. The maximum absolute atomic E-state index is 12.0. The molecule has 0 heterocycles. The number of carbonyl (C=O) groups is 1. The van der Waals surface area contributed by atoms with E-state index >= 15 is 0 Å². The van der Waals surface area contributed by atoms with Crippen LogP contribution in [0.25, 0.3) is 0 Å². The SMILES string of the molecule is CCc1ccc(C(=O)Oc2ccc(OC)c(C)c2)cc1. The Labute approximate surface area is 119 Å². The second-order valence-electron chi connectivity index (χ2n) is 4.57. The van der Waals surface area contributed by atoms with Crippen LogP contribution >= 0.6 is 0 Å². The van der Waals surface area contributed by atoms with Crippen molar-refractivity contribution in [2.45, 2.75) is 20.3 Å². The lowest BCUT2D eigenvalue weighted by Gasteiger charge is -2.08. The van der Waals surface area contributed by atoms with Gasteiger partial charge in [-0.05, 0) is 54.8 Å². The quantitative estimate of drug-likeness (QED) is 0.626. The smallest absolute Gasteiger partial charge is 0.343 e. The lowest BCUT2D eigenvalue weighted by Crippen LogP contribution is -2.08. The summed E-state index contributed by atoms with van der Waals surface area (Å²) in [5.74, 6) is 0.946. The van der Waals surface area contributed by atoms with Gasteiger partial charge in [0.15, 0.2) is 0 Å². The molecule has 0 aromatic heterocycles. The molecular formula is C17H18O3. The highest BCUT2D eigenvalue weighted by Gasteiger charge is 2.09. The highest BCUT2D eigenvalue weighted by atomic mass is 16.5. The molecule has 3 heteroatoms. The molecule has 3 nitrogen and oxygen atoms in total. The van der Waals surface area contributed by atoms with Crippen LogP contribution in [0.2, 0.25) is 0 Å². The topological polar surface area (TPSA) is 35.5 Å². The number of rotatable bonds is 4. The fourth-order valence-electron chi connectivity index (χ4n) is 1.96. The second kappa shape index (κ2) is 6.24. The van der Waals surface area contributed by atoms with Crippen molar-refractivity contribution in [3.63, 3.8) is 0 Å². The van der Waals surface area contributed by atoms with E-state index in [2.05, 4.69) is 6.92 Å². The minimum absolute atomic E-state index is 0.350. The Bertz CT molecular complexity index is 600. The van der Waals surface area contributed by atoms with Crippen molar-refractivity contribution in [1.82, 2.24) is 0 Å².